The molecule has 0 aliphatic heterocycles. The van der Waals surface area contributed by atoms with Crippen LogP contribution in [0, 0.1) is 0 Å². The highest BCUT2D eigenvalue weighted by atomic mass is 79.9. The van der Waals surface area contributed by atoms with E-state index in [4.69, 9.17) is 9.47 Å². The smallest absolute Gasteiger partial charge is 0.161 e. The van der Waals surface area contributed by atoms with E-state index in [1.165, 1.54) is 6.42 Å². The Balaban J connectivity index is 2.14. The Labute approximate surface area is 118 Å². The van der Waals surface area contributed by atoms with E-state index in [2.05, 4.69) is 28.2 Å². The first-order chi connectivity index (χ1) is 8.77. The van der Waals surface area contributed by atoms with Crippen LogP contribution in [0.2, 0.25) is 0 Å². The standard InChI is InChI=1S/C14H22BrNO2/c1-3-12(15)8-9-16-10-11-18-14-7-5-4-6-13(14)17-2/h4-7,12,16H,3,8-11H2,1-2H3. The van der Waals surface area contributed by atoms with Crippen LogP contribution in [0.15, 0.2) is 24.3 Å². The minimum Gasteiger partial charge on any atom is -0.493 e. The fourth-order valence-electron chi connectivity index (χ4n) is 1.56. The molecule has 1 aromatic carbocycles. The number of methoxy groups -OCH3 is 1. The maximum atomic E-state index is 5.66. The summed E-state index contributed by atoms with van der Waals surface area (Å²) < 4.78 is 10.9. The Kier molecular flexibility index (Phi) is 7.85. The van der Waals surface area contributed by atoms with Gasteiger partial charge in [-0.1, -0.05) is 35.0 Å². The zero-order valence-corrected chi connectivity index (χ0v) is 12.7. The van der Waals surface area contributed by atoms with Crippen molar-refractivity contribution >= 4 is 15.9 Å². The Morgan fingerprint density at radius 2 is 1.94 bits per heavy atom. The van der Waals surface area contributed by atoms with Crippen LogP contribution in [0.4, 0.5) is 0 Å². The minimum absolute atomic E-state index is 0.611. The van der Waals surface area contributed by atoms with Gasteiger partial charge in [0.1, 0.15) is 6.61 Å². The van der Waals surface area contributed by atoms with Gasteiger partial charge in [-0.05, 0) is 31.5 Å². The van der Waals surface area contributed by atoms with E-state index in [-0.39, 0.29) is 0 Å². The number of hydrogen-bond donors (Lipinski definition) is 1. The fraction of sp³-hybridized carbons (Fsp3) is 0.571. The molecule has 102 valence electrons. The molecular formula is C14H22BrNO2. The third kappa shape index (κ3) is 5.74. The summed E-state index contributed by atoms with van der Waals surface area (Å²) in [5.41, 5.74) is 0. The first kappa shape index (κ1) is 15.3. The van der Waals surface area contributed by atoms with Gasteiger partial charge in [0.05, 0.1) is 7.11 Å². The zero-order valence-electron chi connectivity index (χ0n) is 11.1. The van der Waals surface area contributed by atoms with Crippen molar-refractivity contribution < 1.29 is 9.47 Å². The molecule has 0 aromatic heterocycles. The number of ether oxygens (including phenoxy) is 2. The molecule has 1 unspecified atom stereocenters. The average molecular weight is 316 g/mol. The highest BCUT2D eigenvalue weighted by molar-refractivity contribution is 9.09. The summed E-state index contributed by atoms with van der Waals surface area (Å²) in [5.74, 6) is 1.58. The molecule has 0 aliphatic carbocycles. The summed E-state index contributed by atoms with van der Waals surface area (Å²) in [5, 5.41) is 3.36. The number of rotatable bonds is 9. The second-order valence-electron chi connectivity index (χ2n) is 4.04. The second kappa shape index (κ2) is 9.22. The van der Waals surface area contributed by atoms with Crippen molar-refractivity contribution in [2.24, 2.45) is 0 Å². The molecule has 0 radical (unpaired) electrons. The molecule has 0 heterocycles. The number of nitrogens with one attached hydrogen (secondary N) is 1. The molecule has 0 fully saturated rings. The van der Waals surface area contributed by atoms with Crippen molar-refractivity contribution in [3.63, 3.8) is 0 Å². The van der Waals surface area contributed by atoms with Crippen molar-refractivity contribution in [1.29, 1.82) is 0 Å². The molecule has 4 heteroatoms. The van der Waals surface area contributed by atoms with E-state index in [0.29, 0.717) is 11.4 Å². The quantitative estimate of drug-likeness (QED) is 0.560. The summed E-state index contributed by atoms with van der Waals surface area (Å²) in [4.78, 5) is 0.611. The van der Waals surface area contributed by atoms with Crippen LogP contribution < -0.4 is 14.8 Å². The monoisotopic (exact) mass is 315 g/mol. The van der Waals surface area contributed by atoms with E-state index >= 15 is 0 Å². The summed E-state index contributed by atoms with van der Waals surface area (Å²) in [6, 6.07) is 7.71. The molecule has 1 aromatic rings. The van der Waals surface area contributed by atoms with Gasteiger partial charge in [-0.2, -0.15) is 0 Å². The number of hydrogen-bond acceptors (Lipinski definition) is 3. The lowest BCUT2D eigenvalue weighted by molar-refractivity contribution is 0.292. The molecule has 0 spiro atoms. The van der Waals surface area contributed by atoms with Gasteiger partial charge in [-0.25, -0.2) is 0 Å². The molecule has 0 saturated carbocycles. The SMILES string of the molecule is CCC(Br)CCNCCOc1ccccc1OC. The van der Waals surface area contributed by atoms with E-state index in [1.54, 1.807) is 7.11 Å². The molecule has 1 N–H and O–H groups in total. The van der Waals surface area contributed by atoms with Gasteiger partial charge in [0.15, 0.2) is 11.5 Å². The van der Waals surface area contributed by atoms with E-state index in [9.17, 15) is 0 Å². The van der Waals surface area contributed by atoms with Crippen LogP contribution >= 0.6 is 15.9 Å². The van der Waals surface area contributed by atoms with Crippen molar-refractivity contribution in [2.45, 2.75) is 24.6 Å². The number of para-hydroxylation sites is 2. The van der Waals surface area contributed by atoms with Crippen molar-refractivity contribution in [3.8, 4) is 11.5 Å². The lowest BCUT2D eigenvalue weighted by atomic mass is 10.2. The van der Waals surface area contributed by atoms with Crippen LogP contribution in [0.5, 0.6) is 11.5 Å². The fourth-order valence-corrected chi connectivity index (χ4v) is 1.79. The van der Waals surface area contributed by atoms with Gasteiger partial charge in [0.2, 0.25) is 0 Å². The lowest BCUT2D eigenvalue weighted by Gasteiger charge is -2.11. The lowest BCUT2D eigenvalue weighted by Crippen LogP contribution is -2.23. The Hall–Kier alpha value is -0.740. The number of halogens is 1. The molecular weight excluding hydrogens is 294 g/mol. The van der Waals surface area contributed by atoms with Crippen molar-refractivity contribution in [2.75, 3.05) is 26.8 Å². The maximum Gasteiger partial charge on any atom is 0.161 e. The first-order valence-corrected chi connectivity index (χ1v) is 7.30. The predicted octanol–water partition coefficient (Wildman–Crippen LogP) is 3.23. The van der Waals surface area contributed by atoms with Crippen molar-refractivity contribution in [3.05, 3.63) is 24.3 Å². The van der Waals surface area contributed by atoms with Crippen LogP contribution in [0.25, 0.3) is 0 Å². The molecule has 1 atom stereocenters. The van der Waals surface area contributed by atoms with Gasteiger partial charge in [0.25, 0.3) is 0 Å². The van der Waals surface area contributed by atoms with Gasteiger partial charge < -0.3 is 14.8 Å². The first-order valence-electron chi connectivity index (χ1n) is 6.38. The summed E-state index contributed by atoms with van der Waals surface area (Å²) in [7, 11) is 1.65. The van der Waals surface area contributed by atoms with Gasteiger partial charge in [-0.15, -0.1) is 0 Å². The van der Waals surface area contributed by atoms with E-state index in [1.807, 2.05) is 24.3 Å². The zero-order chi connectivity index (χ0) is 13.2. The predicted molar refractivity (Wildman–Crippen MR) is 79.0 cm³/mol. The van der Waals surface area contributed by atoms with E-state index < -0.39 is 0 Å². The average Bonchev–Trinajstić information content (AvgIpc) is 2.42. The van der Waals surface area contributed by atoms with Crippen LogP contribution in [-0.2, 0) is 0 Å². The van der Waals surface area contributed by atoms with Crippen LogP contribution in [0.1, 0.15) is 19.8 Å². The maximum absolute atomic E-state index is 5.66. The Bertz CT molecular complexity index is 333. The molecule has 0 bridgehead atoms. The van der Waals surface area contributed by atoms with Gasteiger partial charge >= 0.3 is 0 Å². The molecule has 1 rings (SSSR count). The summed E-state index contributed by atoms with van der Waals surface area (Å²) in [6.45, 7) is 4.70. The Morgan fingerprint density at radius 1 is 1.22 bits per heavy atom. The molecule has 18 heavy (non-hydrogen) atoms. The third-order valence-electron chi connectivity index (χ3n) is 2.68. The summed E-state index contributed by atoms with van der Waals surface area (Å²) >= 11 is 3.61. The normalized spacial score (nSPS) is 12.2. The van der Waals surface area contributed by atoms with Crippen LogP contribution in [-0.4, -0.2) is 31.6 Å². The highest BCUT2D eigenvalue weighted by Crippen LogP contribution is 2.25. The minimum atomic E-state index is 0.611. The molecule has 0 aliphatic rings. The number of alkyl halides is 1. The third-order valence-corrected chi connectivity index (χ3v) is 3.79. The molecule has 0 amide bonds. The highest BCUT2D eigenvalue weighted by Gasteiger charge is 2.02. The van der Waals surface area contributed by atoms with Crippen molar-refractivity contribution in [1.82, 2.24) is 5.32 Å². The van der Waals surface area contributed by atoms with Crippen LogP contribution in [0.3, 0.4) is 0 Å². The molecule has 3 nitrogen and oxygen atoms in total. The summed E-state index contributed by atoms with van der Waals surface area (Å²) in [6.07, 6.45) is 2.31. The Morgan fingerprint density at radius 3 is 2.61 bits per heavy atom. The topological polar surface area (TPSA) is 30.5 Å². The largest absolute Gasteiger partial charge is 0.493 e. The van der Waals surface area contributed by atoms with E-state index in [0.717, 1.165) is 31.0 Å². The van der Waals surface area contributed by atoms with Gasteiger partial charge in [0, 0.05) is 11.4 Å². The molecule has 0 saturated heterocycles. The number of benzene rings is 1. The van der Waals surface area contributed by atoms with Gasteiger partial charge in [-0.3, -0.25) is 0 Å². The second-order valence-corrected chi connectivity index (χ2v) is 5.34.